The van der Waals surface area contributed by atoms with E-state index in [1.165, 1.54) is 0 Å². The molecule has 2 aliphatic carbocycles. The van der Waals surface area contributed by atoms with Crippen LogP contribution in [-0.4, -0.2) is 46.0 Å². The molecule has 0 radical (unpaired) electrons. The van der Waals surface area contributed by atoms with E-state index in [1.54, 1.807) is 20.3 Å². The highest BCUT2D eigenvalue weighted by Gasteiger charge is 2.25. The van der Waals surface area contributed by atoms with Crippen molar-refractivity contribution in [1.82, 2.24) is 14.5 Å². The van der Waals surface area contributed by atoms with Gasteiger partial charge in [0.05, 0.1) is 31.4 Å². The summed E-state index contributed by atoms with van der Waals surface area (Å²) in [5, 5.41) is 14.3. The summed E-state index contributed by atoms with van der Waals surface area (Å²) in [5.41, 5.74) is 3.65. The normalized spacial score (nSPS) is 19.0. The molecule has 0 spiro atoms. The first-order valence-electron chi connectivity index (χ1n) is 15.4. The maximum atomic E-state index is 13.9. The Bertz CT molecular complexity index is 1520. The highest BCUT2D eigenvalue weighted by molar-refractivity contribution is 5.89. The van der Waals surface area contributed by atoms with Gasteiger partial charge in [0.25, 0.3) is 5.56 Å². The first-order chi connectivity index (χ1) is 21.0. The van der Waals surface area contributed by atoms with Crippen LogP contribution in [0.15, 0.2) is 65.6 Å². The van der Waals surface area contributed by atoms with Crippen LogP contribution in [0.2, 0.25) is 0 Å². The van der Waals surface area contributed by atoms with Gasteiger partial charge in [-0.05, 0) is 73.9 Å². The van der Waals surface area contributed by atoms with Crippen molar-refractivity contribution in [2.45, 2.75) is 82.6 Å². The average Bonchev–Trinajstić information content (AvgIpc) is 3.56. The summed E-state index contributed by atoms with van der Waals surface area (Å²) in [6.07, 6.45) is 9.11. The zero-order valence-corrected chi connectivity index (χ0v) is 25.0. The van der Waals surface area contributed by atoms with Crippen LogP contribution >= 0.6 is 0 Å². The maximum Gasteiger partial charge on any atom is 0.254 e. The number of fused-ring (bicyclic) bond motifs is 1. The SMILES string of the molecule is COc1ccc(CN(Cc2ccc(OC)cc2)c2cc(=O)n(C3CCCC3)c3nc(NC4CCC(O)CC4)ncc23)cc1. The van der Waals surface area contributed by atoms with Gasteiger partial charge in [0.1, 0.15) is 11.5 Å². The molecule has 0 bridgehead atoms. The van der Waals surface area contributed by atoms with Gasteiger partial charge in [0, 0.05) is 37.4 Å². The number of anilines is 2. The minimum absolute atomic E-state index is 0.0331. The standard InChI is InChI=1S/C34H41N5O4/c1-42-28-15-7-23(8-16-28)21-38(22-24-9-17-29(43-2)18-10-24)31-19-32(41)39(26-5-3-4-6-26)33-30(31)20-35-34(37-33)36-25-11-13-27(40)14-12-25/h7-10,15-20,25-27,40H,3-6,11-14,21-22H2,1-2H3,(H,35,36,37). The zero-order chi connectivity index (χ0) is 29.8. The number of pyridine rings is 1. The summed E-state index contributed by atoms with van der Waals surface area (Å²) >= 11 is 0. The molecule has 9 nitrogen and oxygen atoms in total. The Labute approximate surface area is 252 Å². The van der Waals surface area contributed by atoms with E-state index in [2.05, 4.69) is 34.5 Å². The minimum atomic E-state index is -0.229. The summed E-state index contributed by atoms with van der Waals surface area (Å²) in [5.74, 6) is 2.14. The first kappa shape index (κ1) is 29.0. The van der Waals surface area contributed by atoms with E-state index in [-0.39, 0.29) is 23.7 Å². The summed E-state index contributed by atoms with van der Waals surface area (Å²) < 4.78 is 12.7. The number of aliphatic hydroxyl groups excluding tert-OH is 1. The number of ether oxygens (including phenoxy) is 2. The van der Waals surface area contributed by atoms with Gasteiger partial charge in [-0.1, -0.05) is 37.1 Å². The molecule has 0 saturated heterocycles. The lowest BCUT2D eigenvalue weighted by Crippen LogP contribution is -2.30. The van der Waals surface area contributed by atoms with Crippen LogP contribution in [0.5, 0.6) is 11.5 Å². The number of benzene rings is 2. The Morgan fingerprint density at radius 2 is 1.47 bits per heavy atom. The third-order valence-electron chi connectivity index (χ3n) is 8.90. The number of methoxy groups -OCH3 is 2. The second-order valence-corrected chi connectivity index (χ2v) is 11.8. The van der Waals surface area contributed by atoms with E-state index in [1.807, 2.05) is 35.0 Å². The van der Waals surface area contributed by atoms with Crippen molar-refractivity contribution in [3.05, 3.63) is 82.3 Å². The van der Waals surface area contributed by atoms with Gasteiger partial charge in [-0.15, -0.1) is 0 Å². The molecule has 2 fully saturated rings. The molecule has 0 unspecified atom stereocenters. The van der Waals surface area contributed by atoms with E-state index in [0.29, 0.717) is 24.7 Å². The lowest BCUT2D eigenvalue weighted by atomic mass is 9.93. The summed E-state index contributed by atoms with van der Waals surface area (Å²) in [6.45, 7) is 1.17. The zero-order valence-electron chi connectivity index (χ0n) is 25.0. The van der Waals surface area contributed by atoms with Crippen LogP contribution < -0.4 is 25.2 Å². The summed E-state index contributed by atoms with van der Waals surface area (Å²) in [7, 11) is 3.33. The Morgan fingerprint density at radius 1 is 0.884 bits per heavy atom. The van der Waals surface area contributed by atoms with Crippen LogP contribution in [0.4, 0.5) is 11.6 Å². The number of hydrogen-bond donors (Lipinski definition) is 2. The second kappa shape index (κ2) is 13.0. The Hall–Kier alpha value is -4.11. The maximum absolute atomic E-state index is 13.9. The Balaban J connectivity index is 1.42. The predicted molar refractivity (Wildman–Crippen MR) is 169 cm³/mol. The molecule has 2 aromatic carbocycles. The summed E-state index contributed by atoms with van der Waals surface area (Å²) in [6, 6.07) is 18.2. The van der Waals surface area contributed by atoms with Crippen molar-refractivity contribution in [1.29, 1.82) is 0 Å². The number of aliphatic hydroxyl groups is 1. The van der Waals surface area contributed by atoms with E-state index in [0.717, 1.165) is 85.1 Å². The third kappa shape index (κ3) is 6.62. The fraction of sp³-hybridized carbons (Fsp3) is 0.441. The van der Waals surface area contributed by atoms with Gasteiger partial charge in [-0.3, -0.25) is 9.36 Å². The lowest BCUT2D eigenvalue weighted by Gasteiger charge is -2.29. The second-order valence-electron chi connectivity index (χ2n) is 11.8. The van der Waals surface area contributed by atoms with Crippen LogP contribution in [-0.2, 0) is 13.1 Å². The molecule has 43 heavy (non-hydrogen) atoms. The first-order valence-corrected chi connectivity index (χ1v) is 15.4. The molecule has 0 amide bonds. The number of rotatable bonds is 10. The lowest BCUT2D eigenvalue weighted by molar-refractivity contribution is 0.126. The van der Waals surface area contributed by atoms with E-state index < -0.39 is 0 Å². The highest BCUT2D eigenvalue weighted by atomic mass is 16.5. The molecule has 2 saturated carbocycles. The van der Waals surface area contributed by atoms with E-state index >= 15 is 0 Å². The molecule has 9 heteroatoms. The predicted octanol–water partition coefficient (Wildman–Crippen LogP) is 5.85. The Morgan fingerprint density at radius 3 is 2.02 bits per heavy atom. The van der Waals surface area contributed by atoms with Gasteiger partial charge >= 0.3 is 0 Å². The van der Waals surface area contributed by atoms with Gasteiger partial charge in [0.15, 0.2) is 5.65 Å². The van der Waals surface area contributed by atoms with Crippen LogP contribution in [0, 0.1) is 0 Å². The van der Waals surface area contributed by atoms with Crippen molar-refractivity contribution in [2.75, 3.05) is 24.4 Å². The average molecular weight is 584 g/mol. The number of nitrogens with one attached hydrogen (secondary N) is 1. The van der Waals surface area contributed by atoms with Crippen LogP contribution in [0.3, 0.4) is 0 Å². The van der Waals surface area contributed by atoms with Crippen molar-refractivity contribution >= 4 is 22.7 Å². The largest absolute Gasteiger partial charge is 0.497 e. The molecule has 226 valence electrons. The smallest absolute Gasteiger partial charge is 0.254 e. The third-order valence-corrected chi connectivity index (χ3v) is 8.90. The molecule has 2 aliphatic rings. The highest BCUT2D eigenvalue weighted by Crippen LogP contribution is 2.34. The topological polar surface area (TPSA) is 102 Å². The van der Waals surface area contributed by atoms with Crippen LogP contribution in [0.25, 0.3) is 11.0 Å². The molecule has 6 rings (SSSR count). The number of hydrogen-bond acceptors (Lipinski definition) is 8. The molecule has 0 atom stereocenters. The van der Waals surface area contributed by atoms with Gasteiger partial charge in [-0.2, -0.15) is 4.98 Å². The minimum Gasteiger partial charge on any atom is -0.497 e. The fourth-order valence-corrected chi connectivity index (χ4v) is 6.48. The Kier molecular flexibility index (Phi) is 8.79. The number of nitrogens with zero attached hydrogens (tertiary/aromatic N) is 4. The van der Waals surface area contributed by atoms with Gasteiger partial charge in [-0.25, -0.2) is 4.98 Å². The van der Waals surface area contributed by atoms with Crippen LogP contribution in [0.1, 0.15) is 68.5 Å². The van der Waals surface area contributed by atoms with E-state index in [4.69, 9.17) is 19.4 Å². The van der Waals surface area contributed by atoms with Crippen molar-refractivity contribution < 1.29 is 14.6 Å². The van der Waals surface area contributed by atoms with Crippen molar-refractivity contribution in [3.63, 3.8) is 0 Å². The molecule has 2 heterocycles. The molecular formula is C34H41N5O4. The molecule has 0 aliphatic heterocycles. The number of aromatic nitrogens is 3. The van der Waals surface area contributed by atoms with E-state index in [9.17, 15) is 9.90 Å². The monoisotopic (exact) mass is 583 g/mol. The quantitative estimate of drug-likeness (QED) is 0.240. The summed E-state index contributed by atoms with van der Waals surface area (Å²) in [4.78, 5) is 26.0. The molecule has 4 aromatic rings. The van der Waals surface area contributed by atoms with Crippen molar-refractivity contribution in [3.8, 4) is 11.5 Å². The van der Waals surface area contributed by atoms with Gasteiger partial charge in [0.2, 0.25) is 5.95 Å². The van der Waals surface area contributed by atoms with Gasteiger partial charge < -0.3 is 24.8 Å². The van der Waals surface area contributed by atoms with Crippen molar-refractivity contribution in [2.24, 2.45) is 0 Å². The molecular weight excluding hydrogens is 542 g/mol. The fourth-order valence-electron chi connectivity index (χ4n) is 6.48. The molecule has 2 N–H and O–H groups in total. The molecule has 2 aromatic heterocycles.